The normalized spacial score (nSPS) is 19.6. The molecular weight excluding hydrogens is 322 g/mol. The Morgan fingerprint density at radius 2 is 2.12 bits per heavy atom. The van der Waals surface area contributed by atoms with Crippen LogP contribution in [-0.2, 0) is 20.8 Å². The highest BCUT2D eigenvalue weighted by Gasteiger charge is 2.21. The van der Waals surface area contributed by atoms with Crippen molar-refractivity contribution in [1.29, 1.82) is 0 Å². The summed E-state index contributed by atoms with van der Waals surface area (Å²) < 4.78 is 22.2. The highest BCUT2D eigenvalue weighted by molar-refractivity contribution is 5.77. The van der Waals surface area contributed by atoms with Gasteiger partial charge in [-0.2, -0.15) is 0 Å². The molecule has 0 unspecified atom stereocenters. The van der Waals surface area contributed by atoms with E-state index in [1.807, 2.05) is 18.2 Å². The molecule has 25 heavy (non-hydrogen) atoms. The lowest BCUT2D eigenvalue weighted by Crippen LogP contribution is -2.27. The summed E-state index contributed by atoms with van der Waals surface area (Å²) in [6.45, 7) is 2.60. The Kier molecular flexibility index (Phi) is 6.53. The van der Waals surface area contributed by atoms with Gasteiger partial charge in [-0.15, -0.1) is 0 Å². The predicted molar refractivity (Wildman–Crippen MR) is 92.9 cm³/mol. The summed E-state index contributed by atoms with van der Waals surface area (Å²) in [5, 5.41) is 2.86. The fourth-order valence-corrected chi connectivity index (χ4v) is 2.75. The summed E-state index contributed by atoms with van der Waals surface area (Å²) in [4.78, 5) is 11.8. The zero-order valence-electron chi connectivity index (χ0n) is 14.8. The molecule has 1 aliphatic heterocycles. The molecule has 1 saturated carbocycles. The smallest absolute Gasteiger partial charge is 0.246 e. The van der Waals surface area contributed by atoms with Crippen LogP contribution >= 0.6 is 0 Å². The third-order valence-corrected chi connectivity index (χ3v) is 4.45. The first-order chi connectivity index (χ1) is 12.2. The van der Waals surface area contributed by atoms with E-state index in [1.165, 1.54) is 12.8 Å². The topological polar surface area (TPSA) is 66.0 Å². The zero-order chi connectivity index (χ0) is 17.5. The number of hydrogen-bond donors (Lipinski definition) is 1. The van der Waals surface area contributed by atoms with Crippen molar-refractivity contribution in [2.24, 2.45) is 5.92 Å². The minimum absolute atomic E-state index is 0.0988. The van der Waals surface area contributed by atoms with E-state index in [0.717, 1.165) is 25.0 Å². The molecule has 1 N–H and O–H groups in total. The summed E-state index contributed by atoms with van der Waals surface area (Å²) in [5.74, 6) is 1.92. The average molecular weight is 349 g/mol. The van der Waals surface area contributed by atoms with Crippen LogP contribution in [0.1, 0.15) is 31.2 Å². The number of carbonyl (C=O) groups excluding carboxylic acids is 1. The van der Waals surface area contributed by atoms with Gasteiger partial charge in [0.2, 0.25) is 5.91 Å². The van der Waals surface area contributed by atoms with Gasteiger partial charge < -0.3 is 24.3 Å². The second-order valence-electron chi connectivity index (χ2n) is 6.67. The molecule has 0 bridgehead atoms. The summed E-state index contributed by atoms with van der Waals surface area (Å²) >= 11 is 0. The number of carbonyl (C=O) groups is 1. The molecule has 6 heteroatoms. The van der Waals surface area contributed by atoms with E-state index in [0.29, 0.717) is 37.2 Å². The molecule has 0 radical (unpaired) electrons. The lowest BCUT2D eigenvalue weighted by atomic mass is 10.2. The maximum absolute atomic E-state index is 11.8. The first-order valence-electron chi connectivity index (χ1n) is 9.00. The predicted octanol–water partition coefficient (Wildman–Crippen LogP) is 2.30. The first-order valence-corrected chi connectivity index (χ1v) is 9.00. The number of hydrogen-bond acceptors (Lipinski definition) is 5. The van der Waals surface area contributed by atoms with Crippen molar-refractivity contribution in [3.8, 4) is 11.5 Å². The van der Waals surface area contributed by atoms with E-state index in [-0.39, 0.29) is 18.6 Å². The van der Waals surface area contributed by atoms with Crippen LogP contribution in [0.25, 0.3) is 0 Å². The van der Waals surface area contributed by atoms with Crippen LogP contribution in [0, 0.1) is 5.92 Å². The zero-order valence-corrected chi connectivity index (χ0v) is 14.8. The Balaban J connectivity index is 1.43. The van der Waals surface area contributed by atoms with Crippen molar-refractivity contribution in [2.75, 3.05) is 33.5 Å². The van der Waals surface area contributed by atoms with Crippen molar-refractivity contribution in [3.63, 3.8) is 0 Å². The van der Waals surface area contributed by atoms with E-state index in [1.54, 1.807) is 7.11 Å². The van der Waals surface area contributed by atoms with Gasteiger partial charge >= 0.3 is 0 Å². The summed E-state index contributed by atoms with van der Waals surface area (Å²) in [5.41, 5.74) is 0.955. The molecule has 1 saturated heterocycles. The van der Waals surface area contributed by atoms with Crippen LogP contribution in [-0.4, -0.2) is 45.5 Å². The molecule has 6 nitrogen and oxygen atoms in total. The second-order valence-corrected chi connectivity index (χ2v) is 6.67. The Bertz CT molecular complexity index is 567. The van der Waals surface area contributed by atoms with E-state index < -0.39 is 0 Å². The molecule has 1 heterocycles. The van der Waals surface area contributed by atoms with Gasteiger partial charge in [0.15, 0.2) is 11.5 Å². The molecule has 1 aromatic carbocycles. The van der Waals surface area contributed by atoms with Gasteiger partial charge in [0, 0.05) is 13.2 Å². The molecule has 2 aliphatic rings. The largest absolute Gasteiger partial charge is 0.493 e. The van der Waals surface area contributed by atoms with E-state index >= 15 is 0 Å². The molecule has 1 amide bonds. The van der Waals surface area contributed by atoms with Crippen LogP contribution in [0.5, 0.6) is 11.5 Å². The number of rotatable bonds is 10. The van der Waals surface area contributed by atoms with Crippen LogP contribution in [0.3, 0.4) is 0 Å². The van der Waals surface area contributed by atoms with E-state index in [2.05, 4.69) is 5.32 Å². The van der Waals surface area contributed by atoms with Crippen LogP contribution in [0.15, 0.2) is 18.2 Å². The highest BCUT2D eigenvalue weighted by Crippen LogP contribution is 2.29. The van der Waals surface area contributed by atoms with E-state index in [9.17, 15) is 4.79 Å². The van der Waals surface area contributed by atoms with Crippen molar-refractivity contribution in [2.45, 2.75) is 38.3 Å². The van der Waals surface area contributed by atoms with Gasteiger partial charge in [-0.1, -0.05) is 6.07 Å². The number of benzene rings is 1. The Morgan fingerprint density at radius 3 is 2.84 bits per heavy atom. The van der Waals surface area contributed by atoms with Gasteiger partial charge in [-0.05, 0) is 49.3 Å². The van der Waals surface area contributed by atoms with Gasteiger partial charge in [-0.25, -0.2) is 0 Å². The SMILES string of the molecule is COc1cc(CNC(=O)COCC2CC2)ccc1OC[C@H]1CCCO1. The second kappa shape index (κ2) is 9.06. The lowest BCUT2D eigenvalue weighted by Gasteiger charge is -2.15. The monoisotopic (exact) mass is 349 g/mol. The summed E-state index contributed by atoms with van der Waals surface area (Å²) in [6.07, 6.45) is 4.74. The van der Waals surface area contributed by atoms with Gasteiger partial charge in [-0.3, -0.25) is 4.79 Å². The third kappa shape index (κ3) is 5.90. The number of nitrogens with one attached hydrogen (secondary N) is 1. The van der Waals surface area contributed by atoms with Crippen LogP contribution < -0.4 is 14.8 Å². The molecule has 2 fully saturated rings. The molecule has 0 aromatic heterocycles. The van der Waals surface area contributed by atoms with Crippen molar-refractivity contribution >= 4 is 5.91 Å². The Hall–Kier alpha value is -1.79. The average Bonchev–Trinajstić information content (AvgIpc) is 3.30. The quantitative estimate of drug-likeness (QED) is 0.702. The number of amides is 1. The van der Waals surface area contributed by atoms with Crippen LogP contribution in [0.2, 0.25) is 0 Å². The summed E-state index contributed by atoms with van der Waals surface area (Å²) in [6, 6.07) is 5.69. The van der Waals surface area contributed by atoms with Gasteiger partial charge in [0.05, 0.1) is 19.8 Å². The van der Waals surface area contributed by atoms with Crippen molar-refractivity contribution in [3.05, 3.63) is 23.8 Å². The molecule has 0 spiro atoms. The number of methoxy groups -OCH3 is 1. The third-order valence-electron chi connectivity index (χ3n) is 4.45. The van der Waals surface area contributed by atoms with Crippen molar-refractivity contribution < 1.29 is 23.7 Å². The molecule has 1 aromatic rings. The maximum atomic E-state index is 11.8. The highest BCUT2D eigenvalue weighted by atomic mass is 16.5. The fraction of sp³-hybridized carbons (Fsp3) is 0.632. The summed E-state index contributed by atoms with van der Waals surface area (Å²) in [7, 11) is 1.61. The molecule has 138 valence electrons. The standard InChI is InChI=1S/C19H27NO5/c1-22-18-9-15(10-20-19(21)13-23-11-14-4-5-14)6-7-17(18)25-12-16-3-2-8-24-16/h6-7,9,14,16H,2-5,8,10-13H2,1H3,(H,20,21)/t16-/m1/s1. The fourth-order valence-electron chi connectivity index (χ4n) is 2.75. The molecule has 3 rings (SSSR count). The lowest BCUT2D eigenvalue weighted by molar-refractivity contribution is -0.126. The minimum Gasteiger partial charge on any atom is -0.493 e. The van der Waals surface area contributed by atoms with Gasteiger partial charge in [0.25, 0.3) is 0 Å². The first kappa shape index (κ1) is 18.0. The van der Waals surface area contributed by atoms with Gasteiger partial charge in [0.1, 0.15) is 13.2 Å². The number of ether oxygens (including phenoxy) is 4. The molecule has 1 aliphatic carbocycles. The Morgan fingerprint density at radius 1 is 1.24 bits per heavy atom. The molecule has 1 atom stereocenters. The maximum Gasteiger partial charge on any atom is 0.246 e. The van der Waals surface area contributed by atoms with E-state index in [4.69, 9.17) is 18.9 Å². The van der Waals surface area contributed by atoms with Crippen molar-refractivity contribution in [1.82, 2.24) is 5.32 Å². The van der Waals surface area contributed by atoms with Crippen LogP contribution in [0.4, 0.5) is 0 Å². The minimum atomic E-state index is -0.0988. The Labute approximate surface area is 148 Å². The molecular formula is C19H27NO5.